The number of fused-ring (bicyclic) bond motifs is 2. The van der Waals surface area contributed by atoms with E-state index in [4.69, 9.17) is 9.73 Å². The molecule has 0 radical (unpaired) electrons. The molecule has 0 spiro atoms. The number of ether oxygens (including phenoxy) is 1. The third-order valence-electron chi connectivity index (χ3n) is 4.56. The third-order valence-corrected chi connectivity index (χ3v) is 5.50. The summed E-state index contributed by atoms with van der Waals surface area (Å²) in [6.45, 7) is 7.41. The highest BCUT2D eigenvalue weighted by atomic mass is 32.2. The smallest absolute Gasteiger partial charge is 0.191 e. The first-order chi connectivity index (χ1) is 10.3. The molecule has 0 aromatic heterocycles. The number of rotatable bonds is 5. The fourth-order valence-electron chi connectivity index (χ4n) is 3.41. The highest BCUT2D eigenvalue weighted by Crippen LogP contribution is 2.34. The van der Waals surface area contributed by atoms with E-state index in [0.717, 1.165) is 32.0 Å². The van der Waals surface area contributed by atoms with Crippen molar-refractivity contribution >= 4 is 17.7 Å². The molecule has 120 valence electrons. The summed E-state index contributed by atoms with van der Waals surface area (Å²) in [5.41, 5.74) is 0. The van der Waals surface area contributed by atoms with Gasteiger partial charge in [-0.3, -0.25) is 9.89 Å². The van der Waals surface area contributed by atoms with Crippen LogP contribution in [0.4, 0.5) is 0 Å². The lowest BCUT2D eigenvalue weighted by Gasteiger charge is -2.26. The van der Waals surface area contributed by atoms with Gasteiger partial charge in [0.1, 0.15) is 0 Å². The monoisotopic (exact) mass is 312 g/mol. The van der Waals surface area contributed by atoms with Crippen molar-refractivity contribution in [1.82, 2.24) is 15.5 Å². The van der Waals surface area contributed by atoms with E-state index in [1.807, 2.05) is 0 Å². The number of thioether (sulfide) groups is 1. The van der Waals surface area contributed by atoms with Crippen LogP contribution in [0.5, 0.6) is 0 Å². The van der Waals surface area contributed by atoms with E-state index in [0.29, 0.717) is 18.2 Å². The summed E-state index contributed by atoms with van der Waals surface area (Å²) in [7, 11) is 0. The van der Waals surface area contributed by atoms with E-state index in [1.165, 1.54) is 37.4 Å². The average Bonchev–Trinajstić information content (AvgIpc) is 3.11. The summed E-state index contributed by atoms with van der Waals surface area (Å²) in [6.07, 6.45) is 4.47. The van der Waals surface area contributed by atoms with Gasteiger partial charge in [0, 0.05) is 37.7 Å². The number of hydrogen-bond donors (Lipinski definition) is 2. The molecule has 3 rings (SSSR count). The highest BCUT2D eigenvalue weighted by molar-refractivity contribution is 7.99. The van der Waals surface area contributed by atoms with E-state index in [1.54, 1.807) is 0 Å². The van der Waals surface area contributed by atoms with Crippen LogP contribution in [0.1, 0.15) is 26.2 Å². The molecule has 3 fully saturated rings. The zero-order chi connectivity index (χ0) is 14.5. The first-order valence-electron chi connectivity index (χ1n) is 8.35. The Hall–Kier alpha value is -0.460. The van der Waals surface area contributed by atoms with E-state index < -0.39 is 0 Å². The second-order valence-corrected chi connectivity index (χ2v) is 7.30. The molecule has 3 heterocycles. The minimum atomic E-state index is 0.401. The van der Waals surface area contributed by atoms with Crippen LogP contribution in [-0.4, -0.2) is 73.3 Å². The molecule has 5 nitrogen and oxygen atoms in total. The maximum absolute atomic E-state index is 5.91. The van der Waals surface area contributed by atoms with Crippen molar-refractivity contribution in [1.29, 1.82) is 0 Å². The second-order valence-electron chi connectivity index (χ2n) is 6.08. The molecule has 2 bridgehead atoms. The Morgan fingerprint density at radius 2 is 2.19 bits per heavy atom. The molecule has 21 heavy (non-hydrogen) atoms. The molecular formula is C15H28N4OS. The Morgan fingerprint density at radius 1 is 1.33 bits per heavy atom. The van der Waals surface area contributed by atoms with Crippen LogP contribution < -0.4 is 10.6 Å². The van der Waals surface area contributed by atoms with Crippen molar-refractivity contribution in [3.05, 3.63) is 0 Å². The molecule has 0 aromatic rings. The van der Waals surface area contributed by atoms with Crippen molar-refractivity contribution in [2.45, 2.75) is 44.4 Å². The van der Waals surface area contributed by atoms with Gasteiger partial charge in [-0.2, -0.15) is 11.8 Å². The fourth-order valence-corrected chi connectivity index (χ4v) is 4.39. The minimum absolute atomic E-state index is 0.401. The van der Waals surface area contributed by atoms with E-state index in [-0.39, 0.29) is 0 Å². The summed E-state index contributed by atoms with van der Waals surface area (Å²) in [4.78, 5) is 7.26. The molecule has 3 aliphatic rings. The van der Waals surface area contributed by atoms with Gasteiger partial charge in [-0.15, -0.1) is 0 Å². The third kappa shape index (κ3) is 4.27. The van der Waals surface area contributed by atoms with Crippen molar-refractivity contribution in [3.8, 4) is 0 Å². The summed E-state index contributed by atoms with van der Waals surface area (Å²) in [6, 6.07) is 0.452. The summed E-state index contributed by atoms with van der Waals surface area (Å²) in [5.74, 6) is 3.50. The number of aliphatic imine (C=N–C) groups is 1. The van der Waals surface area contributed by atoms with E-state index >= 15 is 0 Å². The summed E-state index contributed by atoms with van der Waals surface area (Å²) < 4.78 is 5.91. The van der Waals surface area contributed by atoms with E-state index in [9.17, 15) is 0 Å². The maximum Gasteiger partial charge on any atom is 0.191 e. The van der Waals surface area contributed by atoms with Crippen LogP contribution in [-0.2, 0) is 4.74 Å². The lowest BCUT2D eigenvalue weighted by molar-refractivity contribution is 0.0992. The van der Waals surface area contributed by atoms with Gasteiger partial charge in [0.25, 0.3) is 0 Å². The minimum Gasteiger partial charge on any atom is -0.373 e. The quantitative estimate of drug-likeness (QED) is 0.584. The number of hydrogen-bond acceptors (Lipinski definition) is 4. The Labute approximate surface area is 132 Å². The molecule has 0 aromatic carbocycles. The Balaban J connectivity index is 1.45. The molecule has 2 N–H and O–H groups in total. The predicted molar refractivity (Wildman–Crippen MR) is 89.2 cm³/mol. The Morgan fingerprint density at radius 3 is 2.86 bits per heavy atom. The van der Waals surface area contributed by atoms with Gasteiger partial charge < -0.3 is 15.4 Å². The first kappa shape index (κ1) is 15.4. The molecular weight excluding hydrogens is 284 g/mol. The summed E-state index contributed by atoms with van der Waals surface area (Å²) in [5, 5.41) is 6.94. The first-order valence-corrected chi connectivity index (χ1v) is 9.51. The van der Waals surface area contributed by atoms with Crippen molar-refractivity contribution < 1.29 is 4.74 Å². The molecule has 3 atom stereocenters. The fraction of sp³-hybridized carbons (Fsp3) is 0.933. The van der Waals surface area contributed by atoms with Gasteiger partial charge >= 0.3 is 0 Å². The van der Waals surface area contributed by atoms with Gasteiger partial charge in [0.2, 0.25) is 0 Å². The zero-order valence-electron chi connectivity index (χ0n) is 13.0. The standard InChI is InChI=1S/C15H28N4OS/c1-2-16-15(17-5-6-19-7-9-21-10-8-19)18-13-11-12-3-4-14(13)20-12/h12-14H,2-11H2,1H3,(H2,16,17,18). The van der Waals surface area contributed by atoms with Crippen molar-refractivity contribution in [3.63, 3.8) is 0 Å². The Bertz CT molecular complexity index is 360. The number of nitrogens with zero attached hydrogens (tertiary/aromatic N) is 2. The SMILES string of the molecule is CCNC(=NCCN1CCSCC1)NC1CC2CCC1O2. The lowest BCUT2D eigenvalue weighted by atomic mass is 9.96. The van der Waals surface area contributed by atoms with Gasteiger partial charge in [-0.25, -0.2) is 0 Å². The lowest BCUT2D eigenvalue weighted by Crippen LogP contribution is -2.47. The molecule has 0 saturated carbocycles. The van der Waals surface area contributed by atoms with Gasteiger partial charge in [-0.05, 0) is 26.2 Å². The van der Waals surface area contributed by atoms with Crippen LogP contribution in [0.25, 0.3) is 0 Å². The second kappa shape index (κ2) is 7.70. The molecule has 3 saturated heterocycles. The van der Waals surface area contributed by atoms with Crippen molar-refractivity contribution in [2.24, 2.45) is 4.99 Å². The Kier molecular flexibility index (Phi) is 5.66. The zero-order valence-corrected chi connectivity index (χ0v) is 13.8. The largest absolute Gasteiger partial charge is 0.373 e. The molecule has 0 aliphatic carbocycles. The maximum atomic E-state index is 5.91. The van der Waals surface area contributed by atoms with Gasteiger partial charge in [-0.1, -0.05) is 0 Å². The number of nitrogens with one attached hydrogen (secondary N) is 2. The topological polar surface area (TPSA) is 48.9 Å². The molecule has 0 amide bonds. The molecule has 3 unspecified atom stereocenters. The van der Waals surface area contributed by atoms with Crippen LogP contribution in [0.3, 0.4) is 0 Å². The van der Waals surface area contributed by atoms with Gasteiger partial charge in [0.05, 0.1) is 24.8 Å². The van der Waals surface area contributed by atoms with E-state index in [2.05, 4.69) is 34.2 Å². The molecule has 3 aliphatic heterocycles. The molecule has 6 heteroatoms. The summed E-state index contributed by atoms with van der Waals surface area (Å²) >= 11 is 2.06. The average molecular weight is 312 g/mol. The predicted octanol–water partition coefficient (Wildman–Crippen LogP) is 0.910. The van der Waals surface area contributed by atoms with Crippen LogP contribution in [0.2, 0.25) is 0 Å². The number of guanidine groups is 1. The normalized spacial score (nSPS) is 33.4. The van der Waals surface area contributed by atoms with Crippen LogP contribution >= 0.6 is 11.8 Å². The van der Waals surface area contributed by atoms with Crippen LogP contribution in [0.15, 0.2) is 4.99 Å². The van der Waals surface area contributed by atoms with Gasteiger partial charge in [0.15, 0.2) is 5.96 Å². The van der Waals surface area contributed by atoms with Crippen molar-refractivity contribution in [2.75, 3.05) is 44.2 Å². The van der Waals surface area contributed by atoms with Crippen LogP contribution in [0, 0.1) is 0 Å². The highest BCUT2D eigenvalue weighted by Gasteiger charge is 2.41.